The number of halogens is 2. The number of carbonyl (C=O) groups is 1. The van der Waals surface area contributed by atoms with Crippen LogP contribution in [0.2, 0.25) is 0 Å². The van der Waals surface area contributed by atoms with Gasteiger partial charge >= 0.3 is 0 Å². The molecule has 0 unspecified atom stereocenters. The molecule has 1 heterocycles. The molecule has 25 heavy (non-hydrogen) atoms. The number of carbonyl (C=O) groups excluding carboxylic acids is 1. The van der Waals surface area contributed by atoms with Gasteiger partial charge in [-0.2, -0.15) is 4.98 Å². The van der Waals surface area contributed by atoms with Gasteiger partial charge in [-0.15, -0.1) is 0 Å². The van der Waals surface area contributed by atoms with Crippen LogP contribution in [0.5, 0.6) is 0 Å². The van der Waals surface area contributed by atoms with E-state index in [4.69, 9.17) is 4.52 Å². The Hall–Kier alpha value is -2.29. The minimum Gasteiger partial charge on any atom is -0.339 e. The van der Waals surface area contributed by atoms with E-state index in [2.05, 4.69) is 38.0 Å². The summed E-state index contributed by atoms with van der Waals surface area (Å²) in [6.07, 6.45) is 0.534. The predicted molar refractivity (Wildman–Crippen MR) is 101 cm³/mol. The Bertz CT molecular complexity index is 911. The van der Waals surface area contributed by atoms with E-state index in [0.717, 1.165) is 9.26 Å². The molecule has 7 heteroatoms. The smallest absolute Gasteiger partial charge is 0.227 e. The first-order valence-corrected chi connectivity index (χ1v) is 8.73. The molecular formula is C18H15FIN3O2. The van der Waals surface area contributed by atoms with Crippen molar-refractivity contribution < 1.29 is 13.7 Å². The fraction of sp³-hybridized carbons (Fsp3) is 0.167. The number of aromatic nitrogens is 2. The van der Waals surface area contributed by atoms with Crippen LogP contribution in [0.4, 0.5) is 10.1 Å². The first-order valence-electron chi connectivity index (χ1n) is 7.66. The first-order chi connectivity index (χ1) is 12.0. The third kappa shape index (κ3) is 4.62. The lowest BCUT2D eigenvalue weighted by Gasteiger charge is -2.04. The highest BCUT2D eigenvalue weighted by Crippen LogP contribution is 2.19. The standard InChI is InChI=1S/C18H15FIN3O2/c1-11-5-6-12(9-15(11)19)18-22-17(25-23-18)8-7-16(24)21-14-4-2-3-13(20)10-14/h2-6,9-10H,7-8H2,1H3,(H,21,24). The molecule has 1 aromatic heterocycles. The monoisotopic (exact) mass is 451 g/mol. The van der Waals surface area contributed by atoms with Crippen molar-refractivity contribution in [2.75, 3.05) is 5.32 Å². The molecule has 2 aromatic carbocycles. The Morgan fingerprint density at radius 2 is 2.12 bits per heavy atom. The van der Waals surface area contributed by atoms with Crippen LogP contribution >= 0.6 is 22.6 Å². The van der Waals surface area contributed by atoms with Crippen LogP contribution in [-0.2, 0) is 11.2 Å². The van der Waals surface area contributed by atoms with Gasteiger partial charge in [0, 0.05) is 27.7 Å². The van der Waals surface area contributed by atoms with Gasteiger partial charge in [0.25, 0.3) is 0 Å². The van der Waals surface area contributed by atoms with Crippen LogP contribution in [0.15, 0.2) is 47.0 Å². The van der Waals surface area contributed by atoms with E-state index >= 15 is 0 Å². The third-order valence-corrected chi connectivity index (χ3v) is 4.24. The van der Waals surface area contributed by atoms with E-state index in [-0.39, 0.29) is 18.1 Å². The molecule has 5 nitrogen and oxygen atoms in total. The molecule has 0 saturated heterocycles. The average Bonchev–Trinajstić information content (AvgIpc) is 3.04. The van der Waals surface area contributed by atoms with Gasteiger partial charge in [0.1, 0.15) is 5.82 Å². The second kappa shape index (κ2) is 7.73. The Labute approximate surface area is 157 Å². The Kier molecular flexibility index (Phi) is 5.42. The summed E-state index contributed by atoms with van der Waals surface area (Å²) in [5.41, 5.74) is 1.85. The summed E-state index contributed by atoms with van der Waals surface area (Å²) in [6.45, 7) is 1.69. The van der Waals surface area contributed by atoms with Crippen LogP contribution in [-0.4, -0.2) is 16.0 Å². The summed E-state index contributed by atoms with van der Waals surface area (Å²) >= 11 is 2.18. The minimum atomic E-state index is -0.319. The molecule has 0 aliphatic rings. The summed E-state index contributed by atoms with van der Waals surface area (Å²) in [5, 5.41) is 6.67. The average molecular weight is 451 g/mol. The van der Waals surface area contributed by atoms with Crippen LogP contribution < -0.4 is 5.32 Å². The second-order valence-corrected chi connectivity index (χ2v) is 6.78. The number of hydrogen-bond acceptors (Lipinski definition) is 4. The largest absolute Gasteiger partial charge is 0.339 e. The van der Waals surface area contributed by atoms with Crippen molar-refractivity contribution >= 4 is 34.2 Å². The van der Waals surface area contributed by atoms with E-state index in [1.807, 2.05) is 24.3 Å². The van der Waals surface area contributed by atoms with Crippen LogP contribution in [0.1, 0.15) is 17.9 Å². The maximum Gasteiger partial charge on any atom is 0.227 e. The molecule has 128 valence electrons. The second-order valence-electron chi connectivity index (χ2n) is 5.53. The normalized spacial score (nSPS) is 10.7. The van der Waals surface area contributed by atoms with Crippen molar-refractivity contribution in [1.82, 2.24) is 10.1 Å². The molecule has 0 radical (unpaired) electrons. The van der Waals surface area contributed by atoms with Gasteiger partial charge in [-0.05, 0) is 59.3 Å². The number of rotatable bonds is 5. The predicted octanol–water partition coefficient (Wildman–Crippen LogP) is 4.36. The lowest BCUT2D eigenvalue weighted by Crippen LogP contribution is -2.12. The maximum absolute atomic E-state index is 13.6. The van der Waals surface area contributed by atoms with Crippen LogP contribution in [0.3, 0.4) is 0 Å². The Balaban J connectivity index is 1.59. The maximum atomic E-state index is 13.6. The number of nitrogens with one attached hydrogen (secondary N) is 1. The molecule has 0 spiro atoms. The van der Waals surface area contributed by atoms with Crippen LogP contribution in [0.25, 0.3) is 11.4 Å². The van der Waals surface area contributed by atoms with E-state index < -0.39 is 0 Å². The molecule has 3 rings (SSSR count). The quantitative estimate of drug-likeness (QED) is 0.586. The fourth-order valence-electron chi connectivity index (χ4n) is 2.22. The van der Waals surface area contributed by atoms with Crippen molar-refractivity contribution in [3.63, 3.8) is 0 Å². The molecule has 3 aromatic rings. The van der Waals surface area contributed by atoms with Gasteiger partial charge in [-0.25, -0.2) is 4.39 Å². The zero-order chi connectivity index (χ0) is 17.8. The lowest BCUT2D eigenvalue weighted by atomic mass is 10.1. The summed E-state index contributed by atoms with van der Waals surface area (Å²) < 4.78 is 19.8. The van der Waals surface area contributed by atoms with Crippen LogP contribution in [0, 0.1) is 16.3 Å². The van der Waals surface area contributed by atoms with Gasteiger partial charge < -0.3 is 9.84 Å². The number of amides is 1. The molecule has 0 aliphatic carbocycles. The SMILES string of the molecule is Cc1ccc(-c2noc(CCC(=O)Nc3cccc(I)c3)n2)cc1F. The minimum absolute atomic E-state index is 0.136. The van der Waals surface area contributed by atoms with Crippen molar-refractivity contribution in [2.45, 2.75) is 19.8 Å². The molecule has 1 amide bonds. The van der Waals surface area contributed by atoms with Gasteiger partial charge in [-0.1, -0.05) is 23.4 Å². The number of nitrogens with zero attached hydrogens (tertiary/aromatic N) is 2. The lowest BCUT2D eigenvalue weighted by molar-refractivity contribution is -0.116. The third-order valence-electron chi connectivity index (χ3n) is 3.57. The topological polar surface area (TPSA) is 68.0 Å². The van der Waals surface area contributed by atoms with E-state index in [1.54, 1.807) is 19.1 Å². The van der Waals surface area contributed by atoms with Crippen molar-refractivity contribution in [1.29, 1.82) is 0 Å². The highest BCUT2D eigenvalue weighted by molar-refractivity contribution is 14.1. The molecule has 0 fully saturated rings. The summed E-state index contributed by atoms with van der Waals surface area (Å²) in [4.78, 5) is 16.2. The molecule has 1 N–H and O–H groups in total. The number of aryl methyl sites for hydroxylation is 2. The van der Waals surface area contributed by atoms with Gasteiger partial charge in [-0.3, -0.25) is 4.79 Å². The van der Waals surface area contributed by atoms with Gasteiger partial charge in [0.05, 0.1) is 0 Å². The number of benzene rings is 2. The fourth-order valence-corrected chi connectivity index (χ4v) is 2.76. The first kappa shape index (κ1) is 17.5. The van der Waals surface area contributed by atoms with Gasteiger partial charge in [0.2, 0.25) is 17.6 Å². The zero-order valence-electron chi connectivity index (χ0n) is 13.4. The molecular weight excluding hydrogens is 436 g/mol. The molecule has 0 saturated carbocycles. The van der Waals surface area contributed by atoms with E-state index in [0.29, 0.717) is 29.3 Å². The van der Waals surface area contributed by atoms with Gasteiger partial charge in [0.15, 0.2) is 0 Å². The summed E-state index contributed by atoms with van der Waals surface area (Å²) in [5.74, 6) is 0.199. The summed E-state index contributed by atoms with van der Waals surface area (Å²) in [7, 11) is 0. The number of anilines is 1. The van der Waals surface area contributed by atoms with E-state index in [9.17, 15) is 9.18 Å². The number of hydrogen-bond donors (Lipinski definition) is 1. The molecule has 0 aliphatic heterocycles. The van der Waals surface area contributed by atoms with E-state index in [1.165, 1.54) is 6.07 Å². The highest BCUT2D eigenvalue weighted by Gasteiger charge is 2.12. The zero-order valence-corrected chi connectivity index (χ0v) is 15.6. The Morgan fingerprint density at radius 3 is 2.88 bits per heavy atom. The summed E-state index contributed by atoms with van der Waals surface area (Å²) in [6, 6.07) is 12.3. The Morgan fingerprint density at radius 1 is 1.28 bits per heavy atom. The van der Waals surface area contributed by atoms with Crippen molar-refractivity contribution in [3.05, 3.63) is 63.3 Å². The highest BCUT2D eigenvalue weighted by atomic mass is 127. The molecule has 0 atom stereocenters. The molecule has 0 bridgehead atoms. The van der Waals surface area contributed by atoms with Crippen molar-refractivity contribution in [3.8, 4) is 11.4 Å². The van der Waals surface area contributed by atoms with Crippen molar-refractivity contribution in [2.24, 2.45) is 0 Å².